The molecule has 134 valence electrons. The van der Waals surface area contributed by atoms with Gasteiger partial charge in [0.25, 0.3) is 0 Å². The quantitative estimate of drug-likeness (QED) is 0.703. The second-order valence-corrected chi connectivity index (χ2v) is 6.18. The molecule has 0 saturated carbocycles. The van der Waals surface area contributed by atoms with E-state index in [0.717, 1.165) is 22.9 Å². The molecule has 1 heterocycles. The first-order valence-electron chi connectivity index (χ1n) is 8.24. The van der Waals surface area contributed by atoms with Crippen molar-refractivity contribution in [1.82, 2.24) is 15.3 Å². The van der Waals surface area contributed by atoms with Crippen LogP contribution in [-0.2, 0) is 0 Å². The first-order chi connectivity index (χ1) is 11.8. The SMILES string of the molecule is Cc1ccc(NC(=O)NCCNc2cc(N(C)C)nc(C)n2)c(C)c1. The molecule has 1 aromatic carbocycles. The van der Waals surface area contributed by atoms with Crippen LogP contribution in [0.15, 0.2) is 24.3 Å². The lowest BCUT2D eigenvalue weighted by Gasteiger charge is -2.14. The summed E-state index contributed by atoms with van der Waals surface area (Å²) in [5.41, 5.74) is 3.03. The van der Waals surface area contributed by atoms with Crippen molar-refractivity contribution < 1.29 is 4.79 Å². The summed E-state index contributed by atoms with van der Waals surface area (Å²) in [6, 6.07) is 7.58. The minimum Gasteiger partial charge on any atom is -0.368 e. The number of nitrogens with zero attached hydrogens (tertiary/aromatic N) is 3. The molecule has 0 atom stereocenters. The monoisotopic (exact) mass is 342 g/mol. The minimum absolute atomic E-state index is 0.221. The maximum absolute atomic E-state index is 12.0. The standard InChI is InChI=1S/C18H26N6O/c1-12-6-7-15(13(2)10-12)23-18(25)20-9-8-19-16-11-17(24(4)5)22-14(3)21-16/h6-7,10-11H,8-9H2,1-5H3,(H,19,21,22)(H2,20,23,25). The Morgan fingerprint density at radius 1 is 1.08 bits per heavy atom. The number of amides is 2. The van der Waals surface area contributed by atoms with Crippen LogP contribution < -0.4 is 20.9 Å². The number of aromatic nitrogens is 2. The van der Waals surface area contributed by atoms with Gasteiger partial charge in [0.1, 0.15) is 17.5 Å². The predicted octanol–water partition coefficient (Wildman–Crippen LogP) is 2.70. The van der Waals surface area contributed by atoms with Crippen LogP contribution in [0.25, 0.3) is 0 Å². The van der Waals surface area contributed by atoms with E-state index in [9.17, 15) is 4.79 Å². The zero-order chi connectivity index (χ0) is 18.4. The summed E-state index contributed by atoms with van der Waals surface area (Å²) in [6.45, 7) is 6.91. The summed E-state index contributed by atoms with van der Waals surface area (Å²) >= 11 is 0. The highest BCUT2D eigenvalue weighted by Crippen LogP contribution is 2.15. The van der Waals surface area contributed by atoms with Crippen LogP contribution in [0, 0.1) is 20.8 Å². The molecule has 0 spiro atoms. The van der Waals surface area contributed by atoms with E-state index in [1.54, 1.807) is 0 Å². The van der Waals surface area contributed by atoms with E-state index in [2.05, 4.69) is 25.9 Å². The summed E-state index contributed by atoms with van der Waals surface area (Å²) in [6.07, 6.45) is 0. The van der Waals surface area contributed by atoms with Gasteiger partial charge in [-0.15, -0.1) is 0 Å². The molecule has 0 radical (unpaired) electrons. The van der Waals surface area contributed by atoms with Gasteiger partial charge >= 0.3 is 6.03 Å². The minimum atomic E-state index is -0.221. The summed E-state index contributed by atoms with van der Waals surface area (Å²) < 4.78 is 0. The molecule has 25 heavy (non-hydrogen) atoms. The molecule has 2 amide bonds. The number of rotatable bonds is 6. The molecule has 3 N–H and O–H groups in total. The Balaban J connectivity index is 1.80. The van der Waals surface area contributed by atoms with E-state index in [0.29, 0.717) is 18.9 Å². The van der Waals surface area contributed by atoms with E-state index in [-0.39, 0.29) is 6.03 Å². The van der Waals surface area contributed by atoms with Crippen LogP contribution in [0.2, 0.25) is 0 Å². The second kappa shape index (κ2) is 8.32. The van der Waals surface area contributed by atoms with Gasteiger partial charge < -0.3 is 20.9 Å². The molecule has 7 heteroatoms. The number of anilines is 3. The molecule has 0 aliphatic heterocycles. The highest BCUT2D eigenvalue weighted by molar-refractivity contribution is 5.90. The Kier molecular flexibility index (Phi) is 6.16. The lowest BCUT2D eigenvalue weighted by atomic mass is 10.1. The summed E-state index contributed by atoms with van der Waals surface area (Å²) in [7, 11) is 3.87. The van der Waals surface area contributed by atoms with Crippen LogP contribution in [0.4, 0.5) is 22.1 Å². The highest BCUT2D eigenvalue weighted by atomic mass is 16.2. The first-order valence-corrected chi connectivity index (χ1v) is 8.24. The zero-order valence-corrected chi connectivity index (χ0v) is 15.5. The lowest BCUT2D eigenvalue weighted by Crippen LogP contribution is -2.33. The molecule has 7 nitrogen and oxygen atoms in total. The van der Waals surface area contributed by atoms with E-state index in [1.165, 1.54) is 5.56 Å². The van der Waals surface area contributed by atoms with Gasteiger partial charge in [-0.2, -0.15) is 0 Å². The molecule has 0 aliphatic rings. The van der Waals surface area contributed by atoms with E-state index >= 15 is 0 Å². The van der Waals surface area contributed by atoms with Gasteiger partial charge in [-0.1, -0.05) is 17.7 Å². The fraction of sp³-hybridized carbons (Fsp3) is 0.389. The number of benzene rings is 1. The Bertz CT molecular complexity index is 744. The highest BCUT2D eigenvalue weighted by Gasteiger charge is 2.05. The Morgan fingerprint density at radius 3 is 2.52 bits per heavy atom. The predicted molar refractivity (Wildman–Crippen MR) is 103 cm³/mol. The number of hydrogen-bond donors (Lipinski definition) is 3. The summed E-state index contributed by atoms with van der Waals surface area (Å²) in [5, 5.41) is 8.89. The molecule has 0 saturated heterocycles. The molecular formula is C18H26N6O. The van der Waals surface area contributed by atoms with Gasteiger partial charge in [0.2, 0.25) is 0 Å². The van der Waals surface area contributed by atoms with Gasteiger partial charge in [0.15, 0.2) is 0 Å². The van der Waals surface area contributed by atoms with Crippen molar-refractivity contribution in [2.75, 3.05) is 42.7 Å². The number of nitrogens with one attached hydrogen (secondary N) is 3. The smallest absolute Gasteiger partial charge is 0.319 e. The van der Waals surface area contributed by atoms with Gasteiger partial charge in [-0.25, -0.2) is 14.8 Å². The molecule has 0 bridgehead atoms. The van der Waals surface area contributed by atoms with Gasteiger partial charge in [0, 0.05) is 38.9 Å². The van der Waals surface area contributed by atoms with Crippen molar-refractivity contribution in [3.8, 4) is 0 Å². The van der Waals surface area contributed by atoms with Crippen LogP contribution >= 0.6 is 0 Å². The number of carbonyl (C=O) groups is 1. The van der Waals surface area contributed by atoms with Gasteiger partial charge in [-0.3, -0.25) is 0 Å². The molecule has 0 fully saturated rings. The van der Waals surface area contributed by atoms with Crippen molar-refractivity contribution in [2.45, 2.75) is 20.8 Å². The third kappa shape index (κ3) is 5.63. The number of aryl methyl sites for hydroxylation is 3. The van der Waals surface area contributed by atoms with Crippen LogP contribution in [0.3, 0.4) is 0 Å². The van der Waals surface area contributed by atoms with Gasteiger partial charge in [-0.05, 0) is 32.4 Å². The molecule has 1 aromatic heterocycles. The zero-order valence-electron chi connectivity index (χ0n) is 15.5. The lowest BCUT2D eigenvalue weighted by molar-refractivity contribution is 0.252. The average molecular weight is 342 g/mol. The first kappa shape index (κ1) is 18.5. The largest absolute Gasteiger partial charge is 0.368 e. The third-order valence-electron chi connectivity index (χ3n) is 3.63. The normalized spacial score (nSPS) is 10.3. The van der Waals surface area contributed by atoms with Crippen LogP contribution in [0.5, 0.6) is 0 Å². The Labute approximate surface area is 148 Å². The Hall–Kier alpha value is -2.83. The number of urea groups is 1. The van der Waals surface area contributed by atoms with E-state index in [4.69, 9.17) is 0 Å². The van der Waals surface area contributed by atoms with Crippen molar-refractivity contribution in [3.05, 3.63) is 41.2 Å². The maximum Gasteiger partial charge on any atom is 0.319 e. The maximum atomic E-state index is 12.0. The van der Waals surface area contributed by atoms with Crippen LogP contribution in [0.1, 0.15) is 17.0 Å². The van der Waals surface area contributed by atoms with E-state index < -0.39 is 0 Å². The van der Waals surface area contributed by atoms with Gasteiger partial charge in [0.05, 0.1) is 0 Å². The van der Waals surface area contributed by atoms with E-state index in [1.807, 2.05) is 64.0 Å². The average Bonchev–Trinajstić information content (AvgIpc) is 2.54. The number of hydrogen-bond acceptors (Lipinski definition) is 5. The molecule has 2 aromatic rings. The van der Waals surface area contributed by atoms with Crippen molar-refractivity contribution >= 4 is 23.4 Å². The summed E-state index contributed by atoms with van der Waals surface area (Å²) in [4.78, 5) is 22.6. The fourth-order valence-electron chi connectivity index (χ4n) is 2.36. The molecule has 0 unspecified atom stereocenters. The van der Waals surface area contributed by atoms with Crippen LogP contribution in [-0.4, -0.2) is 43.2 Å². The summed E-state index contributed by atoms with van der Waals surface area (Å²) in [5.74, 6) is 2.29. The third-order valence-corrected chi connectivity index (χ3v) is 3.63. The van der Waals surface area contributed by atoms with Crippen molar-refractivity contribution in [3.63, 3.8) is 0 Å². The Morgan fingerprint density at radius 2 is 1.84 bits per heavy atom. The molecule has 0 aliphatic carbocycles. The topological polar surface area (TPSA) is 82.2 Å². The molecule has 2 rings (SSSR count). The fourth-order valence-corrected chi connectivity index (χ4v) is 2.36. The number of carbonyl (C=O) groups excluding carboxylic acids is 1. The second-order valence-electron chi connectivity index (χ2n) is 6.18. The molecular weight excluding hydrogens is 316 g/mol. The van der Waals surface area contributed by atoms with Crippen molar-refractivity contribution in [1.29, 1.82) is 0 Å². The van der Waals surface area contributed by atoms with Crippen molar-refractivity contribution in [2.24, 2.45) is 0 Å².